The summed E-state index contributed by atoms with van der Waals surface area (Å²) < 4.78 is 11.4. The van der Waals surface area contributed by atoms with E-state index in [-0.39, 0.29) is 11.7 Å². The van der Waals surface area contributed by atoms with Crippen LogP contribution in [0.5, 0.6) is 0 Å². The van der Waals surface area contributed by atoms with E-state index in [9.17, 15) is 0 Å². The fourth-order valence-corrected chi connectivity index (χ4v) is 1.78. The van der Waals surface area contributed by atoms with Crippen LogP contribution in [0.25, 0.3) is 0 Å². The van der Waals surface area contributed by atoms with Gasteiger partial charge in [-0.2, -0.15) is 0 Å². The van der Waals surface area contributed by atoms with E-state index in [4.69, 9.17) is 9.47 Å². The molecule has 0 spiro atoms. The Morgan fingerprint density at radius 1 is 1.18 bits per heavy atom. The van der Waals surface area contributed by atoms with Gasteiger partial charge in [-0.3, -0.25) is 0 Å². The van der Waals surface area contributed by atoms with Crippen LogP contribution in [-0.4, -0.2) is 17.5 Å². The summed E-state index contributed by atoms with van der Waals surface area (Å²) in [6.07, 6.45) is 1.24. The lowest BCUT2D eigenvalue weighted by molar-refractivity contribution is -0.157. The number of ether oxygens (including phenoxy) is 2. The van der Waals surface area contributed by atoms with E-state index in [0.29, 0.717) is 0 Å². The molecule has 0 amide bonds. The molecule has 1 rings (SSSR count). The average molecular weight is 158 g/mol. The van der Waals surface area contributed by atoms with Crippen LogP contribution in [0.3, 0.4) is 0 Å². The molecule has 0 radical (unpaired) electrons. The van der Waals surface area contributed by atoms with Crippen molar-refractivity contribution in [1.82, 2.24) is 0 Å². The highest BCUT2D eigenvalue weighted by molar-refractivity contribution is 4.88. The van der Waals surface area contributed by atoms with Gasteiger partial charge in [0.2, 0.25) is 0 Å². The van der Waals surface area contributed by atoms with E-state index in [1.807, 2.05) is 13.8 Å². The Hall–Kier alpha value is -0.0800. The Labute approximate surface area is 68.9 Å². The molecular weight excluding hydrogens is 140 g/mol. The molecule has 0 aromatic rings. The second-order valence-corrected chi connectivity index (χ2v) is 4.12. The van der Waals surface area contributed by atoms with Gasteiger partial charge in [-0.15, -0.1) is 0 Å². The smallest absolute Gasteiger partial charge is 0.164 e. The van der Waals surface area contributed by atoms with Crippen molar-refractivity contribution in [3.63, 3.8) is 0 Å². The van der Waals surface area contributed by atoms with Crippen LogP contribution >= 0.6 is 0 Å². The molecule has 0 bridgehead atoms. The number of rotatable bonds is 1. The molecule has 0 N–H and O–H groups in total. The zero-order valence-electron chi connectivity index (χ0n) is 8.10. The van der Waals surface area contributed by atoms with E-state index < -0.39 is 5.79 Å². The minimum Gasteiger partial charge on any atom is -0.344 e. The van der Waals surface area contributed by atoms with Crippen LogP contribution in [0.4, 0.5) is 0 Å². The minimum atomic E-state index is -0.399. The molecule has 1 aliphatic rings. The molecule has 66 valence electrons. The van der Waals surface area contributed by atoms with Gasteiger partial charge in [-0.05, 0) is 34.1 Å². The summed E-state index contributed by atoms with van der Waals surface area (Å²) in [4.78, 5) is 0. The molecule has 1 heterocycles. The lowest BCUT2D eigenvalue weighted by atomic mass is 10.0. The molecule has 0 aromatic carbocycles. The van der Waals surface area contributed by atoms with Gasteiger partial charge in [0, 0.05) is 0 Å². The molecule has 11 heavy (non-hydrogen) atoms. The molecule has 1 atom stereocenters. The fraction of sp³-hybridized carbons (Fsp3) is 1.00. The first-order chi connectivity index (χ1) is 4.87. The van der Waals surface area contributed by atoms with Gasteiger partial charge in [0.15, 0.2) is 5.79 Å². The van der Waals surface area contributed by atoms with Crippen molar-refractivity contribution in [2.24, 2.45) is 0 Å². The first-order valence-corrected chi connectivity index (χ1v) is 4.25. The normalized spacial score (nSPS) is 34.1. The van der Waals surface area contributed by atoms with Crippen molar-refractivity contribution in [3.05, 3.63) is 0 Å². The van der Waals surface area contributed by atoms with Gasteiger partial charge >= 0.3 is 0 Å². The predicted octanol–water partition coefficient (Wildman–Crippen LogP) is 2.33. The summed E-state index contributed by atoms with van der Waals surface area (Å²) in [6.45, 7) is 10.2. The van der Waals surface area contributed by atoms with Gasteiger partial charge in [0.1, 0.15) is 0 Å². The standard InChI is InChI=1S/C9H18O2/c1-6-7-8(2,3)11-9(4,5)10-7/h7H,6H2,1-5H3/t7-/m0/s1. The highest BCUT2D eigenvalue weighted by Crippen LogP contribution is 2.37. The van der Waals surface area contributed by atoms with Crippen molar-refractivity contribution in [3.8, 4) is 0 Å². The van der Waals surface area contributed by atoms with Gasteiger partial charge in [-0.1, -0.05) is 6.92 Å². The van der Waals surface area contributed by atoms with E-state index >= 15 is 0 Å². The van der Waals surface area contributed by atoms with Crippen molar-refractivity contribution >= 4 is 0 Å². The molecule has 1 saturated heterocycles. The summed E-state index contributed by atoms with van der Waals surface area (Å²) in [5.41, 5.74) is -0.127. The largest absolute Gasteiger partial charge is 0.344 e. The topological polar surface area (TPSA) is 18.5 Å². The maximum Gasteiger partial charge on any atom is 0.164 e. The Bertz CT molecular complexity index is 150. The fourth-order valence-electron chi connectivity index (χ4n) is 1.78. The molecular formula is C9H18O2. The molecule has 1 fully saturated rings. The Kier molecular flexibility index (Phi) is 2.01. The first kappa shape index (κ1) is 9.01. The number of hydrogen-bond acceptors (Lipinski definition) is 2. The van der Waals surface area contributed by atoms with Crippen LogP contribution in [-0.2, 0) is 9.47 Å². The predicted molar refractivity (Wildman–Crippen MR) is 44.4 cm³/mol. The van der Waals surface area contributed by atoms with E-state index in [1.165, 1.54) is 0 Å². The highest BCUT2D eigenvalue weighted by atomic mass is 16.8. The van der Waals surface area contributed by atoms with Crippen molar-refractivity contribution in [2.75, 3.05) is 0 Å². The van der Waals surface area contributed by atoms with Crippen LogP contribution in [0.2, 0.25) is 0 Å². The Morgan fingerprint density at radius 3 is 1.91 bits per heavy atom. The summed E-state index contributed by atoms with van der Waals surface area (Å²) >= 11 is 0. The zero-order valence-corrected chi connectivity index (χ0v) is 8.10. The molecule has 0 unspecified atom stereocenters. The Morgan fingerprint density at radius 2 is 1.73 bits per heavy atom. The lowest BCUT2D eigenvalue weighted by Gasteiger charge is -2.22. The maximum atomic E-state index is 5.72. The lowest BCUT2D eigenvalue weighted by Crippen LogP contribution is -2.32. The molecule has 2 nitrogen and oxygen atoms in total. The summed E-state index contributed by atoms with van der Waals surface area (Å²) in [5.74, 6) is -0.399. The van der Waals surface area contributed by atoms with Gasteiger partial charge in [0.05, 0.1) is 11.7 Å². The zero-order chi connectivity index (χ0) is 8.70. The highest BCUT2D eigenvalue weighted by Gasteiger charge is 2.45. The number of hydrogen-bond donors (Lipinski definition) is 0. The maximum absolute atomic E-state index is 5.72. The summed E-state index contributed by atoms with van der Waals surface area (Å²) in [6, 6.07) is 0. The van der Waals surface area contributed by atoms with Crippen LogP contribution in [0, 0.1) is 0 Å². The summed E-state index contributed by atoms with van der Waals surface area (Å²) in [7, 11) is 0. The average Bonchev–Trinajstić information content (AvgIpc) is 1.99. The third kappa shape index (κ3) is 1.74. The molecule has 2 heteroatoms. The van der Waals surface area contributed by atoms with E-state index in [2.05, 4.69) is 20.8 Å². The minimum absolute atomic E-state index is 0.127. The van der Waals surface area contributed by atoms with Crippen LogP contribution in [0.15, 0.2) is 0 Å². The second-order valence-electron chi connectivity index (χ2n) is 4.12. The van der Waals surface area contributed by atoms with E-state index in [0.717, 1.165) is 6.42 Å². The SMILES string of the molecule is CC[C@@H]1OC(C)(C)OC1(C)C. The third-order valence-corrected chi connectivity index (χ3v) is 2.08. The van der Waals surface area contributed by atoms with Crippen molar-refractivity contribution in [1.29, 1.82) is 0 Å². The van der Waals surface area contributed by atoms with Crippen molar-refractivity contribution < 1.29 is 9.47 Å². The first-order valence-electron chi connectivity index (χ1n) is 4.25. The molecule has 1 aliphatic heterocycles. The van der Waals surface area contributed by atoms with Crippen molar-refractivity contribution in [2.45, 2.75) is 58.5 Å². The van der Waals surface area contributed by atoms with Gasteiger partial charge in [0.25, 0.3) is 0 Å². The molecule has 0 aromatic heterocycles. The van der Waals surface area contributed by atoms with E-state index in [1.54, 1.807) is 0 Å². The monoisotopic (exact) mass is 158 g/mol. The molecule has 0 aliphatic carbocycles. The second kappa shape index (κ2) is 2.46. The van der Waals surface area contributed by atoms with Gasteiger partial charge < -0.3 is 9.47 Å². The van der Waals surface area contributed by atoms with Gasteiger partial charge in [-0.25, -0.2) is 0 Å². The Balaban J connectivity index is 2.71. The van der Waals surface area contributed by atoms with Crippen LogP contribution < -0.4 is 0 Å². The van der Waals surface area contributed by atoms with Crippen LogP contribution in [0.1, 0.15) is 41.0 Å². The summed E-state index contributed by atoms with van der Waals surface area (Å²) in [5, 5.41) is 0. The third-order valence-electron chi connectivity index (χ3n) is 2.08. The molecule has 0 saturated carbocycles. The quantitative estimate of drug-likeness (QED) is 0.583.